The average Bonchev–Trinajstić information content (AvgIpc) is 1.80. The largest absolute Gasteiger partial charge is 0.353 e. The monoisotopic (exact) mass is 159 g/mol. The van der Waals surface area contributed by atoms with E-state index in [-0.39, 0.29) is 5.91 Å². The summed E-state index contributed by atoms with van der Waals surface area (Å²) < 4.78 is 0. The highest BCUT2D eigenvalue weighted by atomic mass is 32.2. The Bertz CT molecular complexity index is 123. The molecule has 0 radical (unpaired) electrons. The molecule has 1 aliphatic carbocycles. The van der Waals surface area contributed by atoms with Crippen LogP contribution in [0.15, 0.2) is 0 Å². The second-order valence-electron chi connectivity index (χ2n) is 2.63. The summed E-state index contributed by atoms with van der Waals surface area (Å²) in [5.74, 6) is 0.799. The lowest BCUT2D eigenvalue weighted by Crippen LogP contribution is -2.40. The third-order valence-corrected chi connectivity index (χ3v) is 2.30. The summed E-state index contributed by atoms with van der Waals surface area (Å²) >= 11 is 1.57. The van der Waals surface area contributed by atoms with Crippen LogP contribution in [0.5, 0.6) is 0 Å². The molecular weight excluding hydrogens is 146 g/mol. The molecule has 1 saturated carbocycles. The molecule has 58 valence electrons. The zero-order chi connectivity index (χ0) is 7.40. The molecule has 2 nitrogen and oxygen atoms in total. The van der Waals surface area contributed by atoms with Gasteiger partial charge in [-0.05, 0) is 25.5 Å². The zero-order valence-corrected chi connectivity index (χ0v) is 7.04. The fraction of sp³-hybridized carbons (Fsp3) is 0.857. The Labute approximate surface area is 65.8 Å². The zero-order valence-electron chi connectivity index (χ0n) is 6.22. The highest BCUT2D eigenvalue weighted by molar-refractivity contribution is 7.99. The van der Waals surface area contributed by atoms with Crippen LogP contribution in [0.25, 0.3) is 0 Å². The van der Waals surface area contributed by atoms with Crippen LogP contribution in [0.3, 0.4) is 0 Å². The number of amides is 1. The van der Waals surface area contributed by atoms with E-state index in [1.54, 1.807) is 11.8 Å². The first-order valence-corrected chi connectivity index (χ1v) is 5.00. The summed E-state index contributed by atoms with van der Waals surface area (Å²) in [6.07, 6.45) is 5.59. The quantitative estimate of drug-likeness (QED) is 0.666. The van der Waals surface area contributed by atoms with Crippen LogP contribution in [0.4, 0.5) is 0 Å². The number of nitrogens with one attached hydrogen (secondary N) is 1. The maximum absolute atomic E-state index is 10.9. The normalized spacial score (nSPS) is 18.1. The Morgan fingerprint density at radius 2 is 2.40 bits per heavy atom. The van der Waals surface area contributed by atoms with Gasteiger partial charge < -0.3 is 5.32 Å². The van der Waals surface area contributed by atoms with Crippen LogP contribution in [0, 0.1) is 0 Å². The first-order chi connectivity index (χ1) is 4.83. The van der Waals surface area contributed by atoms with Gasteiger partial charge in [-0.15, -0.1) is 0 Å². The van der Waals surface area contributed by atoms with Crippen molar-refractivity contribution in [1.82, 2.24) is 5.32 Å². The van der Waals surface area contributed by atoms with Crippen molar-refractivity contribution in [1.29, 1.82) is 0 Å². The molecule has 0 unspecified atom stereocenters. The van der Waals surface area contributed by atoms with Gasteiger partial charge in [0.1, 0.15) is 0 Å². The number of thioether (sulfide) groups is 1. The van der Waals surface area contributed by atoms with Gasteiger partial charge in [0.15, 0.2) is 0 Å². The van der Waals surface area contributed by atoms with Crippen molar-refractivity contribution in [2.75, 3.05) is 12.0 Å². The van der Waals surface area contributed by atoms with Gasteiger partial charge >= 0.3 is 0 Å². The van der Waals surface area contributed by atoms with Crippen molar-refractivity contribution >= 4 is 17.7 Å². The van der Waals surface area contributed by atoms with Crippen LogP contribution in [0.1, 0.15) is 19.3 Å². The predicted molar refractivity (Wildman–Crippen MR) is 44.2 cm³/mol. The highest BCUT2D eigenvalue weighted by Crippen LogP contribution is 2.17. The molecule has 0 heterocycles. The fourth-order valence-electron chi connectivity index (χ4n) is 0.953. The molecule has 0 spiro atoms. The van der Waals surface area contributed by atoms with Gasteiger partial charge in [-0.2, -0.15) is 11.8 Å². The molecule has 0 atom stereocenters. The van der Waals surface area contributed by atoms with E-state index in [0.29, 0.717) is 11.8 Å². The lowest BCUT2D eigenvalue weighted by Gasteiger charge is -2.26. The Hall–Kier alpha value is -0.180. The topological polar surface area (TPSA) is 29.1 Å². The molecule has 0 aromatic heterocycles. The molecule has 1 aliphatic rings. The van der Waals surface area contributed by atoms with Gasteiger partial charge in [0, 0.05) is 6.04 Å². The van der Waals surface area contributed by atoms with E-state index in [2.05, 4.69) is 5.32 Å². The van der Waals surface area contributed by atoms with Crippen LogP contribution in [0.2, 0.25) is 0 Å². The second-order valence-corrected chi connectivity index (χ2v) is 3.49. The van der Waals surface area contributed by atoms with Crippen molar-refractivity contribution in [2.45, 2.75) is 25.3 Å². The van der Waals surface area contributed by atoms with Crippen LogP contribution in [-0.4, -0.2) is 24.0 Å². The molecule has 1 N–H and O–H groups in total. The van der Waals surface area contributed by atoms with Crippen molar-refractivity contribution in [2.24, 2.45) is 0 Å². The third-order valence-electron chi connectivity index (χ3n) is 1.75. The van der Waals surface area contributed by atoms with E-state index in [9.17, 15) is 4.79 Å². The van der Waals surface area contributed by atoms with Gasteiger partial charge in [0.25, 0.3) is 0 Å². The van der Waals surface area contributed by atoms with Crippen molar-refractivity contribution < 1.29 is 4.79 Å². The summed E-state index contributed by atoms with van der Waals surface area (Å²) in [6, 6.07) is 0.500. The van der Waals surface area contributed by atoms with Crippen molar-refractivity contribution in [3.8, 4) is 0 Å². The standard InChI is InChI=1S/C7H13NOS/c1-10-5-7(9)8-6-3-2-4-6/h6H,2-5H2,1H3,(H,8,9). The van der Waals surface area contributed by atoms with Gasteiger partial charge in [-0.25, -0.2) is 0 Å². The maximum Gasteiger partial charge on any atom is 0.230 e. The number of hydrogen-bond donors (Lipinski definition) is 1. The first-order valence-electron chi connectivity index (χ1n) is 3.61. The van der Waals surface area contributed by atoms with E-state index in [1.807, 2.05) is 6.26 Å². The predicted octanol–water partition coefficient (Wildman–Crippen LogP) is 1.02. The molecule has 0 bridgehead atoms. The third kappa shape index (κ3) is 2.21. The van der Waals surface area contributed by atoms with E-state index >= 15 is 0 Å². The summed E-state index contributed by atoms with van der Waals surface area (Å²) in [5, 5.41) is 2.96. The molecule has 1 amide bonds. The molecule has 0 aliphatic heterocycles. The minimum atomic E-state index is 0.192. The van der Waals surface area contributed by atoms with E-state index in [1.165, 1.54) is 19.3 Å². The Morgan fingerprint density at radius 1 is 1.70 bits per heavy atom. The van der Waals surface area contributed by atoms with Gasteiger partial charge in [0.2, 0.25) is 5.91 Å². The minimum absolute atomic E-state index is 0.192. The van der Waals surface area contributed by atoms with Crippen molar-refractivity contribution in [3.63, 3.8) is 0 Å². The SMILES string of the molecule is CSCC(=O)NC1CCC1. The molecular formula is C7H13NOS. The fourth-order valence-corrected chi connectivity index (χ4v) is 1.30. The minimum Gasteiger partial charge on any atom is -0.353 e. The molecule has 0 aromatic carbocycles. The Morgan fingerprint density at radius 3 is 2.80 bits per heavy atom. The number of carbonyl (C=O) groups is 1. The number of carbonyl (C=O) groups excluding carboxylic acids is 1. The lowest BCUT2D eigenvalue weighted by molar-refractivity contribution is -0.119. The van der Waals surface area contributed by atoms with E-state index in [0.717, 1.165) is 0 Å². The maximum atomic E-state index is 10.9. The summed E-state index contributed by atoms with van der Waals surface area (Å²) in [6.45, 7) is 0. The molecule has 1 fully saturated rings. The molecule has 3 heteroatoms. The van der Waals surface area contributed by atoms with Crippen LogP contribution < -0.4 is 5.32 Å². The average molecular weight is 159 g/mol. The summed E-state index contributed by atoms with van der Waals surface area (Å²) in [7, 11) is 0. The van der Waals surface area contributed by atoms with Gasteiger partial charge in [0.05, 0.1) is 5.75 Å². The van der Waals surface area contributed by atoms with E-state index in [4.69, 9.17) is 0 Å². The Kier molecular flexibility index (Phi) is 3.06. The smallest absolute Gasteiger partial charge is 0.230 e. The number of rotatable bonds is 3. The molecule has 10 heavy (non-hydrogen) atoms. The molecule has 1 rings (SSSR count). The number of hydrogen-bond acceptors (Lipinski definition) is 2. The van der Waals surface area contributed by atoms with Gasteiger partial charge in [-0.1, -0.05) is 0 Å². The molecule has 0 aromatic rings. The lowest BCUT2D eigenvalue weighted by atomic mass is 9.93. The van der Waals surface area contributed by atoms with Crippen LogP contribution in [-0.2, 0) is 4.79 Å². The van der Waals surface area contributed by atoms with Crippen molar-refractivity contribution in [3.05, 3.63) is 0 Å². The molecule has 0 saturated heterocycles. The van der Waals surface area contributed by atoms with Crippen LogP contribution >= 0.6 is 11.8 Å². The summed E-state index contributed by atoms with van der Waals surface area (Å²) in [5.41, 5.74) is 0. The van der Waals surface area contributed by atoms with Gasteiger partial charge in [-0.3, -0.25) is 4.79 Å². The second kappa shape index (κ2) is 3.86. The Balaban J connectivity index is 2.05. The first kappa shape index (κ1) is 7.92. The highest BCUT2D eigenvalue weighted by Gasteiger charge is 2.18. The van der Waals surface area contributed by atoms with E-state index < -0.39 is 0 Å². The summed E-state index contributed by atoms with van der Waals surface area (Å²) in [4.78, 5) is 10.9.